The smallest absolute Gasteiger partial charge is 0.147 e. The molecule has 0 radical (unpaired) electrons. The molecule has 0 saturated heterocycles. The number of rotatable bonds is 3. The first-order valence-electron chi connectivity index (χ1n) is 6.90. The highest BCUT2D eigenvalue weighted by Crippen LogP contribution is 2.25. The molecule has 0 bridgehead atoms. The van der Waals surface area contributed by atoms with E-state index in [9.17, 15) is 4.39 Å². The van der Waals surface area contributed by atoms with Gasteiger partial charge in [0.25, 0.3) is 0 Å². The fraction of sp³-hybridized carbons (Fsp3) is 0.235. The quantitative estimate of drug-likeness (QED) is 0.648. The van der Waals surface area contributed by atoms with Gasteiger partial charge in [0.15, 0.2) is 0 Å². The van der Waals surface area contributed by atoms with Gasteiger partial charge < -0.3 is 0 Å². The van der Waals surface area contributed by atoms with Crippen LogP contribution in [0.25, 0.3) is 16.7 Å². The lowest BCUT2D eigenvalue weighted by molar-refractivity contribution is 0.616. The minimum absolute atomic E-state index is 0.245. The monoisotopic (exact) mass is 302 g/mol. The summed E-state index contributed by atoms with van der Waals surface area (Å²) in [6.45, 7) is 3.90. The molecule has 21 heavy (non-hydrogen) atoms. The Morgan fingerprint density at radius 1 is 1.10 bits per heavy atom. The average molecular weight is 303 g/mol. The predicted molar refractivity (Wildman–Crippen MR) is 84.9 cm³/mol. The SMILES string of the molecule is Cc1ccc(-n2c(CCCl)nc3cc(C)ccc32)c(F)c1. The van der Waals surface area contributed by atoms with Crippen LogP contribution < -0.4 is 0 Å². The molecule has 0 amide bonds. The highest BCUT2D eigenvalue weighted by molar-refractivity contribution is 6.17. The molecule has 2 aromatic carbocycles. The van der Waals surface area contributed by atoms with E-state index in [1.807, 2.05) is 42.7 Å². The van der Waals surface area contributed by atoms with E-state index in [4.69, 9.17) is 11.6 Å². The van der Waals surface area contributed by atoms with Gasteiger partial charge in [-0.25, -0.2) is 9.37 Å². The number of alkyl halides is 1. The molecule has 4 heteroatoms. The summed E-state index contributed by atoms with van der Waals surface area (Å²) in [4.78, 5) is 4.62. The van der Waals surface area contributed by atoms with Crippen molar-refractivity contribution >= 4 is 22.6 Å². The molecular weight excluding hydrogens is 287 g/mol. The second-order valence-corrected chi connectivity index (χ2v) is 5.63. The first kappa shape index (κ1) is 14.1. The van der Waals surface area contributed by atoms with E-state index in [1.54, 1.807) is 12.1 Å². The molecule has 2 nitrogen and oxygen atoms in total. The molecule has 3 aromatic rings. The first-order valence-corrected chi connectivity index (χ1v) is 7.44. The minimum Gasteiger partial charge on any atom is -0.293 e. The Morgan fingerprint density at radius 2 is 1.81 bits per heavy atom. The summed E-state index contributed by atoms with van der Waals surface area (Å²) in [5, 5.41) is 0. The number of imidazole rings is 1. The third kappa shape index (κ3) is 2.54. The standard InChI is InChI=1S/C17H16ClFN2/c1-11-3-5-15(13(19)9-11)21-16-6-4-12(2)10-14(16)20-17(21)7-8-18/h3-6,9-10H,7-8H2,1-2H3. The number of nitrogens with zero attached hydrogens (tertiary/aromatic N) is 2. The Bertz CT molecular complexity index is 808. The lowest BCUT2D eigenvalue weighted by Gasteiger charge is -2.10. The summed E-state index contributed by atoms with van der Waals surface area (Å²) in [7, 11) is 0. The largest absolute Gasteiger partial charge is 0.293 e. The molecule has 0 aliphatic rings. The normalized spacial score (nSPS) is 11.2. The van der Waals surface area contributed by atoms with Crippen LogP contribution in [0.4, 0.5) is 4.39 Å². The highest BCUT2D eigenvalue weighted by Gasteiger charge is 2.15. The van der Waals surface area contributed by atoms with Crippen molar-refractivity contribution in [3.63, 3.8) is 0 Å². The Labute approximate surface area is 128 Å². The van der Waals surface area contributed by atoms with Crippen molar-refractivity contribution in [3.05, 3.63) is 59.2 Å². The molecule has 0 atom stereocenters. The van der Waals surface area contributed by atoms with Crippen LogP contribution >= 0.6 is 11.6 Å². The fourth-order valence-corrected chi connectivity index (χ4v) is 2.72. The van der Waals surface area contributed by atoms with E-state index in [2.05, 4.69) is 4.98 Å². The van der Waals surface area contributed by atoms with Gasteiger partial charge in [-0.3, -0.25) is 4.57 Å². The highest BCUT2D eigenvalue weighted by atomic mass is 35.5. The fourth-order valence-electron chi connectivity index (χ4n) is 2.55. The molecule has 1 aromatic heterocycles. The van der Waals surface area contributed by atoms with E-state index in [1.165, 1.54) is 0 Å². The maximum Gasteiger partial charge on any atom is 0.147 e. The molecule has 0 spiro atoms. The molecule has 0 aliphatic heterocycles. The summed E-state index contributed by atoms with van der Waals surface area (Å²) in [5.41, 5.74) is 4.33. The molecule has 0 aliphatic carbocycles. The number of hydrogen-bond acceptors (Lipinski definition) is 1. The number of aromatic nitrogens is 2. The van der Waals surface area contributed by atoms with Crippen LogP contribution in [0.15, 0.2) is 36.4 Å². The molecular formula is C17H16ClFN2. The topological polar surface area (TPSA) is 17.8 Å². The number of benzene rings is 2. The average Bonchev–Trinajstić information content (AvgIpc) is 2.76. The zero-order valence-corrected chi connectivity index (χ0v) is 12.8. The van der Waals surface area contributed by atoms with Crippen LogP contribution in [0.2, 0.25) is 0 Å². The van der Waals surface area contributed by atoms with Crippen molar-refractivity contribution < 1.29 is 4.39 Å². The van der Waals surface area contributed by atoms with Crippen molar-refractivity contribution in [2.24, 2.45) is 0 Å². The summed E-state index contributed by atoms with van der Waals surface area (Å²) in [6, 6.07) is 11.2. The van der Waals surface area contributed by atoms with Crippen LogP contribution in [-0.2, 0) is 6.42 Å². The number of aryl methyl sites for hydroxylation is 3. The molecule has 1 heterocycles. The van der Waals surface area contributed by atoms with E-state index in [0.29, 0.717) is 18.0 Å². The maximum absolute atomic E-state index is 14.4. The van der Waals surface area contributed by atoms with Crippen molar-refractivity contribution in [2.75, 3.05) is 5.88 Å². The van der Waals surface area contributed by atoms with Gasteiger partial charge in [-0.15, -0.1) is 11.6 Å². The molecule has 3 rings (SSSR count). The molecule has 0 fully saturated rings. The van der Waals surface area contributed by atoms with Gasteiger partial charge in [0.1, 0.15) is 11.6 Å². The Hall–Kier alpha value is -1.87. The number of hydrogen-bond donors (Lipinski definition) is 0. The van der Waals surface area contributed by atoms with E-state index in [0.717, 1.165) is 28.0 Å². The van der Waals surface area contributed by atoms with Crippen LogP contribution in [-0.4, -0.2) is 15.4 Å². The minimum atomic E-state index is -0.245. The zero-order chi connectivity index (χ0) is 15.0. The van der Waals surface area contributed by atoms with Crippen LogP contribution in [0.5, 0.6) is 0 Å². The maximum atomic E-state index is 14.4. The van der Waals surface area contributed by atoms with Crippen molar-refractivity contribution in [1.82, 2.24) is 9.55 Å². The number of halogens is 2. The van der Waals surface area contributed by atoms with Gasteiger partial charge in [0.2, 0.25) is 0 Å². The van der Waals surface area contributed by atoms with Gasteiger partial charge in [-0.1, -0.05) is 12.1 Å². The molecule has 108 valence electrons. The molecule has 0 unspecified atom stereocenters. The van der Waals surface area contributed by atoms with Gasteiger partial charge in [0.05, 0.1) is 16.7 Å². The Morgan fingerprint density at radius 3 is 2.52 bits per heavy atom. The van der Waals surface area contributed by atoms with Gasteiger partial charge >= 0.3 is 0 Å². The lowest BCUT2D eigenvalue weighted by Crippen LogP contribution is -2.04. The van der Waals surface area contributed by atoms with Crippen molar-refractivity contribution in [3.8, 4) is 5.69 Å². The summed E-state index contributed by atoms with van der Waals surface area (Å²) < 4.78 is 16.2. The van der Waals surface area contributed by atoms with Gasteiger partial charge in [-0.05, 0) is 49.2 Å². The second kappa shape index (κ2) is 5.49. The Kier molecular flexibility index (Phi) is 3.68. The van der Waals surface area contributed by atoms with Gasteiger partial charge in [0, 0.05) is 12.3 Å². The third-order valence-corrected chi connectivity index (χ3v) is 3.73. The van der Waals surface area contributed by atoms with Gasteiger partial charge in [-0.2, -0.15) is 0 Å². The molecule has 0 saturated carbocycles. The summed E-state index contributed by atoms with van der Waals surface area (Å²) >= 11 is 5.87. The summed E-state index contributed by atoms with van der Waals surface area (Å²) in [6.07, 6.45) is 0.600. The lowest BCUT2D eigenvalue weighted by atomic mass is 10.2. The first-order chi connectivity index (χ1) is 10.1. The van der Waals surface area contributed by atoms with Crippen molar-refractivity contribution in [1.29, 1.82) is 0 Å². The van der Waals surface area contributed by atoms with E-state index >= 15 is 0 Å². The zero-order valence-electron chi connectivity index (χ0n) is 12.0. The van der Waals surface area contributed by atoms with Crippen LogP contribution in [0.3, 0.4) is 0 Å². The third-order valence-electron chi connectivity index (χ3n) is 3.54. The molecule has 0 N–H and O–H groups in total. The summed E-state index contributed by atoms with van der Waals surface area (Å²) in [5.74, 6) is 0.995. The second-order valence-electron chi connectivity index (χ2n) is 5.25. The number of fused-ring (bicyclic) bond motifs is 1. The predicted octanol–water partition coefficient (Wildman–Crippen LogP) is 4.56. The van der Waals surface area contributed by atoms with E-state index < -0.39 is 0 Å². The Balaban J connectivity index is 2.30. The van der Waals surface area contributed by atoms with Crippen LogP contribution in [0.1, 0.15) is 17.0 Å². The van der Waals surface area contributed by atoms with Crippen molar-refractivity contribution in [2.45, 2.75) is 20.3 Å². The van der Waals surface area contributed by atoms with E-state index in [-0.39, 0.29) is 5.82 Å². The van der Waals surface area contributed by atoms with Crippen LogP contribution in [0, 0.1) is 19.7 Å².